The molecule has 1 amide bonds. The maximum atomic E-state index is 13.4. The van der Waals surface area contributed by atoms with Crippen LogP contribution in [0, 0.1) is 6.92 Å². The number of aryl methyl sites for hydroxylation is 1. The Kier molecular flexibility index (Phi) is 3.43. The van der Waals surface area contributed by atoms with Crippen LogP contribution in [0.15, 0.2) is 48.5 Å². The van der Waals surface area contributed by atoms with E-state index in [1.54, 1.807) is 54.1 Å². The normalized spacial score (nSPS) is 14.4. The Morgan fingerprint density at radius 3 is 2.65 bits per heavy atom. The number of para-hydroxylation sites is 1. The minimum atomic E-state index is -3.69. The average Bonchev–Trinajstić information content (AvgIpc) is 3.13. The lowest BCUT2D eigenvalue weighted by atomic mass is 10.0. The van der Waals surface area contributed by atoms with Crippen molar-refractivity contribution in [1.82, 2.24) is 9.78 Å². The van der Waals surface area contributed by atoms with Crippen molar-refractivity contribution in [1.29, 1.82) is 0 Å². The monoisotopic (exact) mass is 357 g/mol. The Morgan fingerprint density at radius 1 is 1.15 bits per heavy atom. The molecule has 132 valence electrons. The highest BCUT2D eigenvalue weighted by molar-refractivity contribution is 5.90. The van der Waals surface area contributed by atoms with Crippen LogP contribution in [0.1, 0.15) is 16.2 Å². The summed E-state index contributed by atoms with van der Waals surface area (Å²) in [5.74, 6) is -0.675. The minimum absolute atomic E-state index is 0.0235. The first-order chi connectivity index (χ1) is 12.3. The van der Waals surface area contributed by atoms with Crippen molar-refractivity contribution in [3.05, 3.63) is 59.9 Å². The molecule has 1 aromatic heterocycles. The number of benzene rings is 2. The molecule has 2 N–H and O–H groups in total. The summed E-state index contributed by atoms with van der Waals surface area (Å²) in [7, 11) is 0. The van der Waals surface area contributed by atoms with Crippen molar-refractivity contribution >= 4 is 5.91 Å². The van der Waals surface area contributed by atoms with Gasteiger partial charge in [0.25, 0.3) is 5.91 Å². The van der Waals surface area contributed by atoms with Crippen molar-refractivity contribution in [2.75, 3.05) is 0 Å². The Morgan fingerprint density at radius 2 is 1.92 bits per heavy atom. The SMILES string of the molecule is Cc1cc(C(N)=O)nn1-c1cccc(-c2cccc3c2OC(F)(F)O3)c1. The molecule has 4 rings (SSSR count). The van der Waals surface area contributed by atoms with E-state index in [1.807, 2.05) is 0 Å². The van der Waals surface area contributed by atoms with Crippen molar-refractivity contribution < 1.29 is 23.0 Å². The predicted octanol–water partition coefficient (Wildman–Crippen LogP) is 3.27. The third kappa shape index (κ3) is 2.65. The number of halogens is 2. The lowest BCUT2D eigenvalue weighted by Gasteiger charge is -2.10. The Labute approximate surface area is 146 Å². The number of carbonyl (C=O) groups is 1. The lowest BCUT2D eigenvalue weighted by Crippen LogP contribution is -2.26. The molecule has 8 heteroatoms. The molecule has 0 spiro atoms. The van der Waals surface area contributed by atoms with Crippen LogP contribution in [-0.4, -0.2) is 22.0 Å². The number of carbonyl (C=O) groups excluding carboxylic acids is 1. The summed E-state index contributed by atoms with van der Waals surface area (Å²) in [6.45, 7) is 1.78. The molecule has 0 unspecified atom stereocenters. The molecular formula is C18H13F2N3O3. The van der Waals surface area contributed by atoms with Crippen LogP contribution in [0.25, 0.3) is 16.8 Å². The molecule has 1 aliphatic heterocycles. The number of amides is 1. The van der Waals surface area contributed by atoms with Gasteiger partial charge >= 0.3 is 6.29 Å². The highest BCUT2D eigenvalue weighted by Gasteiger charge is 2.44. The van der Waals surface area contributed by atoms with Crippen LogP contribution in [0.5, 0.6) is 11.5 Å². The van der Waals surface area contributed by atoms with E-state index >= 15 is 0 Å². The van der Waals surface area contributed by atoms with Gasteiger partial charge in [-0.05, 0) is 36.8 Å². The first-order valence-electron chi connectivity index (χ1n) is 7.70. The summed E-state index contributed by atoms with van der Waals surface area (Å²) in [6.07, 6.45) is -3.69. The molecular weight excluding hydrogens is 344 g/mol. The van der Waals surface area contributed by atoms with E-state index in [0.29, 0.717) is 22.5 Å². The third-order valence-corrected chi connectivity index (χ3v) is 3.97. The van der Waals surface area contributed by atoms with Gasteiger partial charge < -0.3 is 15.2 Å². The van der Waals surface area contributed by atoms with Gasteiger partial charge in [0.15, 0.2) is 17.2 Å². The molecule has 0 radical (unpaired) electrons. The molecule has 2 heterocycles. The second kappa shape index (κ2) is 5.55. The van der Waals surface area contributed by atoms with E-state index in [9.17, 15) is 13.6 Å². The van der Waals surface area contributed by atoms with E-state index in [1.165, 1.54) is 6.07 Å². The molecule has 0 fully saturated rings. The van der Waals surface area contributed by atoms with E-state index in [4.69, 9.17) is 5.73 Å². The van der Waals surface area contributed by atoms with E-state index in [0.717, 1.165) is 0 Å². The van der Waals surface area contributed by atoms with Gasteiger partial charge in [0.1, 0.15) is 0 Å². The van der Waals surface area contributed by atoms with Crippen LogP contribution in [0.2, 0.25) is 0 Å². The standard InChI is InChI=1S/C18H13F2N3O3/c1-10-8-14(17(21)24)22-23(10)12-5-2-4-11(9-12)13-6-3-7-15-16(13)26-18(19,20)25-15/h2-9H,1H3,(H2,21,24). The number of nitrogens with zero attached hydrogens (tertiary/aromatic N) is 2. The summed E-state index contributed by atoms with van der Waals surface area (Å²) in [5, 5.41) is 4.18. The first-order valence-corrected chi connectivity index (χ1v) is 7.70. The second-order valence-electron chi connectivity index (χ2n) is 5.80. The quantitative estimate of drug-likeness (QED) is 0.780. The van der Waals surface area contributed by atoms with Gasteiger partial charge in [-0.3, -0.25) is 4.79 Å². The smallest absolute Gasteiger partial charge is 0.395 e. The van der Waals surface area contributed by atoms with Crippen LogP contribution in [0.3, 0.4) is 0 Å². The van der Waals surface area contributed by atoms with E-state index < -0.39 is 12.2 Å². The first kappa shape index (κ1) is 16.1. The maximum Gasteiger partial charge on any atom is 0.586 e. The number of nitrogens with two attached hydrogens (primary N) is 1. The molecule has 0 bridgehead atoms. The Balaban J connectivity index is 1.79. The molecule has 3 aromatic rings. The molecule has 1 aliphatic rings. The van der Waals surface area contributed by atoms with Crippen LogP contribution >= 0.6 is 0 Å². The molecule has 0 saturated heterocycles. The molecule has 2 aromatic carbocycles. The van der Waals surface area contributed by atoms with Gasteiger partial charge in [-0.2, -0.15) is 5.10 Å². The zero-order valence-corrected chi connectivity index (χ0v) is 13.6. The van der Waals surface area contributed by atoms with Gasteiger partial charge in [0, 0.05) is 11.3 Å². The number of primary amides is 1. The number of ether oxygens (including phenoxy) is 2. The zero-order chi connectivity index (χ0) is 18.5. The van der Waals surface area contributed by atoms with Crippen molar-refractivity contribution in [2.24, 2.45) is 5.73 Å². The topological polar surface area (TPSA) is 79.4 Å². The molecule has 0 saturated carbocycles. The fourth-order valence-electron chi connectivity index (χ4n) is 2.86. The average molecular weight is 357 g/mol. The summed E-state index contributed by atoms with van der Waals surface area (Å²) in [5.41, 5.74) is 7.86. The van der Waals surface area contributed by atoms with Gasteiger partial charge in [0.2, 0.25) is 0 Å². The lowest BCUT2D eigenvalue weighted by molar-refractivity contribution is -0.286. The summed E-state index contributed by atoms with van der Waals surface area (Å²) in [4.78, 5) is 11.3. The van der Waals surface area contributed by atoms with Gasteiger partial charge in [-0.25, -0.2) is 4.68 Å². The maximum absolute atomic E-state index is 13.4. The molecule has 26 heavy (non-hydrogen) atoms. The number of alkyl halides is 2. The number of rotatable bonds is 3. The predicted molar refractivity (Wildman–Crippen MR) is 88.5 cm³/mol. The van der Waals surface area contributed by atoms with Gasteiger partial charge in [-0.1, -0.05) is 24.3 Å². The zero-order valence-electron chi connectivity index (χ0n) is 13.6. The largest absolute Gasteiger partial charge is 0.586 e. The molecule has 0 atom stereocenters. The number of hydrogen-bond acceptors (Lipinski definition) is 4. The van der Waals surface area contributed by atoms with Gasteiger partial charge in [-0.15, -0.1) is 8.78 Å². The Bertz CT molecular complexity index is 1030. The number of hydrogen-bond donors (Lipinski definition) is 1. The number of aromatic nitrogens is 2. The highest BCUT2D eigenvalue weighted by Crippen LogP contribution is 2.47. The fourth-order valence-corrected chi connectivity index (χ4v) is 2.86. The van der Waals surface area contributed by atoms with Crippen LogP contribution in [0.4, 0.5) is 8.78 Å². The minimum Gasteiger partial charge on any atom is -0.395 e. The van der Waals surface area contributed by atoms with Crippen molar-refractivity contribution in [3.63, 3.8) is 0 Å². The summed E-state index contributed by atoms with van der Waals surface area (Å²) in [6, 6.07) is 13.3. The summed E-state index contributed by atoms with van der Waals surface area (Å²) >= 11 is 0. The van der Waals surface area contributed by atoms with Gasteiger partial charge in [0.05, 0.1) is 5.69 Å². The van der Waals surface area contributed by atoms with E-state index in [2.05, 4.69) is 14.6 Å². The van der Waals surface area contributed by atoms with Crippen molar-refractivity contribution in [2.45, 2.75) is 13.2 Å². The van der Waals surface area contributed by atoms with Crippen LogP contribution in [-0.2, 0) is 0 Å². The van der Waals surface area contributed by atoms with Crippen LogP contribution < -0.4 is 15.2 Å². The fraction of sp³-hybridized carbons (Fsp3) is 0.111. The highest BCUT2D eigenvalue weighted by atomic mass is 19.3. The van der Waals surface area contributed by atoms with E-state index in [-0.39, 0.29) is 17.2 Å². The second-order valence-corrected chi connectivity index (χ2v) is 5.80. The molecule has 6 nitrogen and oxygen atoms in total. The Hall–Kier alpha value is -3.42. The summed E-state index contributed by atoms with van der Waals surface area (Å²) < 4.78 is 37.5. The molecule has 0 aliphatic carbocycles. The van der Waals surface area contributed by atoms with Crippen molar-refractivity contribution in [3.8, 4) is 28.3 Å². The number of fused-ring (bicyclic) bond motifs is 1. The third-order valence-electron chi connectivity index (χ3n) is 3.97.